The van der Waals surface area contributed by atoms with Crippen molar-refractivity contribution in [3.05, 3.63) is 39.8 Å². The number of anilines is 1. The van der Waals surface area contributed by atoms with E-state index in [0.29, 0.717) is 6.42 Å². The Bertz CT molecular complexity index is 1110. The van der Waals surface area contributed by atoms with Crippen LogP contribution < -0.4 is 14.8 Å². The molecule has 2 N–H and O–H groups in total. The number of esters is 1. The molecule has 10 heteroatoms. The Morgan fingerprint density at radius 2 is 1.84 bits per heavy atom. The Morgan fingerprint density at radius 1 is 1.13 bits per heavy atom. The van der Waals surface area contributed by atoms with Crippen LogP contribution >= 0.6 is 11.3 Å². The van der Waals surface area contributed by atoms with Gasteiger partial charge in [-0.05, 0) is 63.3 Å². The number of sulfonamides is 1. The molecular formula is C21H26N2O6S2. The fourth-order valence-corrected chi connectivity index (χ4v) is 6.12. The molecule has 0 aliphatic heterocycles. The summed E-state index contributed by atoms with van der Waals surface area (Å²) in [6.45, 7) is 3.61. The van der Waals surface area contributed by atoms with Gasteiger partial charge in [-0.3, -0.25) is 9.52 Å². The molecular weight excluding hydrogens is 440 g/mol. The van der Waals surface area contributed by atoms with E-state index >= 15 is 0 Å². The van der Waals surface area contributed by atoms with Gasteiger partial charge >= 0.3 is 5.97 Å². The SMILES string of the molecule is COC(=O)c1c(NS(=O)(=O)c2ccc(OC)c(C(=O)NC(C)C)c2)sc2c1CCCC2. The minimum atomic E-state index is -4.07. The van der Waals surface area contributed by atoms with Gasteiger partial charge in [0.15, 0.2) is 0 Å². The Labute approximate surface area is 186 Å². The van der Waals surface area contributed by atoms with Crippen molar-refractivity contribution in [1.29, 1.82) is 0 Å². The lowest BCUT2D eigenvalue weighted by Crippen LogP contribution is -2.30. The maximum atomic E-state index is 13.1. The van der Waals surface area contributed by atoms with E-state index < -0.39 is 21.9 Å². The second kappa shape index (κ2) is 9.27. The fourth-order valence-electron chi connectivity index (χ4n) is 3.51. The number of hydrogen-bond acceptors (Lipinski definition) is 7. The monoisotopic (exact) mass is 466 g/mol. The van der Waals surface area contributed by atoms with E-state index in [0.717, 1.165) is 29.7 Å². The number of fused-ring (bicyclic) bond motifs is 1. The summed E-state index contributed by atoms with van der Waals surface area (Å²) in [6, 6.07) is 3.93. The summed E-state index contributed by atoms with van der Waals surface area (Å²) >= 11 is 1.26. The van der Waals surface area contributed by atoms with Crippen LogP contribution in [0.5, 0.6) is 5.75 Å². The summed E-state index contributed by atoms with van der Waals surface area (Å²) in [4.78, 5) is 25.8. The van der Waals surface area contributed by atoms with Gasteiger partial charge in [-0.25, -0.2) is 13.2 Å². The minimum Gasteiger partial charge on any atom is -0.496 e. The molecule has 1 heterocycles. The first-order chi connectivity index (χ1) is 14.7. The largest absolute Gasteiger partial charge is 0.496 e. The molecule has 1 aromatic heterocycles. The summed E-state index contributed by atoms with van der Waals surface area (Å²) in [7, 11) is -1.39. The second-order valence-corrected chi connectivity index (χ2v) is 10.3. The van der Waals surface area contributed by atoms with Crippen LogP contribution in [0.15, 0.2) is 23.1 Å². The van der Waals surface area contributed by atoms with Gasteiger partial charge in [0.05, 0.1) is 30.2 Å². The molecule has 1 aliphatic rings. The number of hydrogen-bond donors (Lipinski definition) is 2. The first-order valence-corrected chi connectivity index (χ1v) is 12.2. The normalized spacial score (nSPS) is 13.5. The predicted octanol–water partition coefficient (Wildman–Crippen LogP) is 3.36. The first kappa shape index (κ1) is 23.1. The molecule has 1 aliphatic carbocycles. The van der Waals surface area contributed by atoms with Gasteiger partial charge in [0.2, 0.25) is 0 Å². The highest BCUT2D eigenvalue weighted by molar-refractivity contribution is 7.93. The van der Waals surface area contributed by atoms with E-state index in [1.807, 2.05) is 0 Å². The summed E-state index contributed by atoms with van der Waals surface area (Å²) in [6.07, 6.45) is 3.44. The van der Waals surface area contributed by atoms with Crippen molar-refractivity contribution < 1.29 is 27.5 Å². The second-order valence-electron chi connectivity index (χ2n) is 7.50. The number of amides is 1. The average molecular weight is 467 g/mol. The molecule has 0 saturated carbocycles. The van der Waals surface area contributed by atoms with E-state index in [4.69, 9.17) is 9.47 Å². The van der Waals surface area contributed by atoms with Crippen LogP contribution in [0.4, 0.5) is 5.00 Å². The standard InChI is InChI=1S/C21H26N2O6S2/c1-12(2)22-19(24)15-11-13(9-10-16(15)28-3)31(26,27)23-20-18(21(25)29-4)14-7-5-6-8-17(14)30-20/h9-12,23H,5-8H2,1-4H3,(H,22,24). The van der Waals surface area contributed by atoms with Crippen molar-refractivity contribution >= 4 is 38.2 Å². The van der Waals surface area contributed by atoms with Crippen LogP contribution in [0.2, 0.25) is 0 Å². The molecule has 2 aromatic rings. The highest BCUT2D eigenvalue weighted by atomic mass is 32.2. The molecule has 0 radical (unpaired) electrons. The summed E-state index contributed by atoms with van der Waals surface area (Å²) < 4.78 is 38.9. The summed E-state index contributed by atoms with van der Waals surface area (Å²) in [5.74, 6) is -0.742. The van der Waals surface area contributed by atoms with Gasteiger partial charge in [-0.1, -0.05) is 0 Å². The van der Waals surface area contributed by atoms with Crippen LogP contribution in [0.3, 0.4) is 0 Å². The zero-order valence-electron chi connectivity index (χ0n) is 17.9. The van der Waals surface area contributed by atoms with Gasteiger partial charge in [0, 0.05) is 10.9 Å². The molecule has 168 valence electrons. The molecule has 0 saturated heterocycles. The predicted molar refractivity (Wildman–Crippen MR) is 119 cm³/mol. The number of thiophene rings is 1. The lowest BCUT2D eigenvalue weighted by molar-refractivity contribution is 0.0600. The quantitative estimate of drug-likeness (QED) is 0.606. The van der Waals surface area contributed by atoms with Crippen molar-refractivity contribution in [2.75, 3.05) is 18.9 Å². The van der Waals surface area contributed by atoms with E-state index in [2.05, 4.69) is 10.0 Å². The molecule has 3 rings (SSSR count). The Morgan fingerprint density at radius 3 is 2.48 bits per heavy atom. The number of nitrogens with one attached hydrogen (secondary N) is 2. The van der Waals surface area contributed by atoms with Crippen LogP contribution in [-0.2, 0) is 27.6 Å². The molecule has 1 aromatic carbocycles. The average Bonchev–Trinajstić information content (AvgIpc) is 3.09. The zero-order chi connectivity index (χ0) is 22.8. The zero-order valence-corrected chi connectivity index (χ0v) is 19.5. The number of carbonyl (C=O) groups is 2. The number of rotatable bonds is 7. The highest BCUT2D eigenvalue weighted by Crippen LogP contribution is 2.39. The summed E-state index contributed by atoms with van der Waals surface area (Å²) in [5, 5.41) is 2.97. The van der Waals surface area contributed by atoms with Gasteiger partial charge in [0.25, 0.3) is 15.9 Å². The molecule has 0 bridgehead atoms. The van der Waals surface area contributed by atoms with Gasteiger partial charge in [0.1, 0.15) is 10.8 Å². The maximum Gasteiger partial charge on any atom is 0.341 e. The lowest BCUT2D eigenvalue weighted by atomic mass is 9.95. The molecule has 1 amide bonds. The highest BCUT2D eigenvalue weighted by Gasteiger charge is 2.29. The molecule has 0 unspecified atom stereocenters. The van der Waals surface area contributed by atoms with Gasteiger partial charge in [-0.2, -0.15) is 0 Å². The van der Waals surface area contributed by atoms with Crippen LogP contribution in [0.1, 0.15) is 57.8 Å². The Hall–Kier alpha value is -2.59. The van der Waals surface area contributed by atoms with Gasteiger partial charge < -0.3 is 14.8 Å². The topological polar surface area (TPSA) is 111 Å². The van der Waals surface area contributed by atoms with E-state index in [1.54, 1.807) is 13.8 Å². The number of aryl methyl sites for hydroxylation is 1. The van der Waals surface area contributed by atoms with Crippen molar-refractivity contribution in [1.82, 2.24) is 5.32 Å². The molecule has 0 fully saturated rings. The smallest absolute Gasteiger partial charge is 0.341 e. The molecule has 8 nitrogen and oxygen atoms in total. The third-order valence-corrected chi connectivity index (χ3v) is 7.62. The number of methoxy groups -OCH3 is 2. The van der Waals surface area contributed by atoms with Crippen LogP contribution in [0, 0.1) is 0 Å². The number of ether oxygens (including phenoxy) is 2. The Balaban J connectivity index is 2.01. The summed E-state index contributed by atoms with van der Waals surface area (Å²) in [5.41, 5.74) is 1.24. The fraction of sp³-hybridized carbons (Fsp3) is 0.429. The van der Waals surface area contributed by atoms with Crippen molar-refractivity contribution in [3.63, 3.8) is 0 Å². The van der Waals surface area contributed by atoms with Crippen molar-refractivity contribution in [2.45, 2.75) is 50.5 Å². The maximum absolute atomic E-state index is 13.1. The lowest BCUT2D eigenvalue weighted by Gasteiger charge is -2.14. The van der Waals surface area contributed by atoms with Crippen LogP contribution in [-0.4, -0.2) is 40.6 Å². The Kier molecular flexibility index (Phi) is 6.90. The van der Waals surface area contributed by atoms with E-state index in [9.17, 15) is 18.0 Å². The van der Waals surface area contributed by atoms with Crippen molar-refractivity contribution in [3.8, 4) is 5.75 Å². The first-order valence-electron chi connectivity index (χ1n) is 9.92. The molecule has 0 spiro atoms. The third-order valence-electron chi connectivity index (χ3n) is 4.93. The van der Waals surface area contributed by atoms with Crippen molar-refractivity contribution in [2.24, 2.45) is 0 Å². The third kappa shape index (κ3) is 4.85. The molecule has 0 atom stereocenters. The van der Waals surface area contributed by atoms with E-state index in [-0.39, 0.29) is 32.8 Å². The minimum absolute atomic E-state index is 0.107. The van der Waals surface area contributed by atoms with Crippen LogP contribution in [0.25, 0.3) is 0 Å². The van der Waals surface area contributed by atoms with E-state index in [1.165, 1.54) is 43.8 Å². The van der Waals surface area contributed by atoms with Gasteiger partial charge in [-0.15, -0.1) is 11.3 Å². The number of carbonyl (C=O) groups excluding carboxylic acids is 2. The molecule has 31 heavy (non-hydrogen) atoms. The number of benzene rings is 1.